The number of carboxylic acid groups (broad SMARTS) is 2. The molecule has 0 aromatic heterocycles. The summed E-state index contributed by atoms with van der Waals surface area (Å²) < 4.78 is 0. The second-order valence-corrected chi connectivity index (χ2v) is 6.37. The number of nitrogens with one attached hydrogen (secondary N) is 1. The molecule has 0 saturated carbocycles. The van der Waals surface area contributed by atoms with Gasteiger partial charge in [0.05, 0.1) is 11.1 Å². The first-order valence-corrected chi connectivity index (χ1v) is 8.45. The number of amides is 2. The summed E-state index contributed by atoms with van der Waals surface area (Å²) in [6, 6.07) is 11.6. The molecular formula is C21H16N2O6. The van der Waals surface area contributed by atoms with E-state index in [1.807, 2.05) is 13.0 Å². The van der Waals surface area contributed by atoms with Crippen LogP contribution in [0.5, 0.6) is 0 Å². The molecule has 2 amide bonds. The first-order valence-electron chi connectivity index (χ1n) is 8.45. The van der Waals surface area contributed by atoms with Crippen LogP contribution in [0.1, 0.15) is 47.0 Å². The van der Waals surface area contributed by atoms with E-state index < -0.39 is 23.8 Å². The third kappa shape index (κ3) is 3.63. The zero-order valence-electron chi connectivity index (χ0n) is 15.2. The summed E-state index contributed by atoms with van der Waals surface area (Å²) in [6.45, 7) is 1.84. The second kappa shape index (κ2) is 7.43. The molecule has 3 aromatic rings. The molecule has 0 heterocycles. The van der Waals surface area contributed by atoms with Gasteiger partial charge in [0.15, 0.2) is 0 Å². The van der Waals surface area contributed by atoms with Crippen molar-refractivity contribution in [2.24, 2.45) is 5.73 Å². The molecule has 3 aromatic carbocycles. The maximum atomic E-state index is 12.9. The Morgan fingerprint density at radius 3 is 1.83 bits per heavy atom. The number of rotatable bonds is 5. The van der Waals surface area contributed by atoms with E-state index in [1.165, 1.54) is 12.1 Å². The highest BCUT2D eigenvalue weighted by atomic mass is 16.4. The van der Waals surface area contributed by atoms with Crippen LogP contribution in [0.15, 0.2) is 48.5 Å². The Morgan fingerprint density at radius 1 is 0.793 bits per heavy atom. The van der Waals surface area contributed by atoms with Crippen molar-refractivity contribution in [3.05, 3.63) is 76.3 Å². The predicted molar refractivity (Wildman–Crippen MR) is 106 cm³/mol. The standard InChI is InChI=1S/C21H16N2O6/c1-10-3-2-4-11(9-10)23-19(25)13-6-5-12(18(22)24)16-14(20(26)27)7-8-15(17(13)16)21(28)29/h2-9H,1H3,(H2,22,24)(H,23,25)(H,26,27)(H,28,29). The van der Waals surface area contributed by atoms with Crippen LogP contribution in [0.2, 0.25) is 0 Å². The van der Waals surface area contributed by atoms with Crippen LogP contribution >= 0.6 is 0 Å². The Morgan fingerprint density at radius 2 is 1.31 bits per heavy atom. The third-order valence-electron chi connectivity index (χ3n) is 4.41. The lowest BCUT2D eigenvalue weighted by atomic mass is 9.91. The summed E-state index contributed by atoms with van der Waals surface area (Å²) in [6.07, 6.45) is 0. The first kappa shape index (κ1) is 19.6. The van der Waals surface area contributed by atoms with Gasteiger partial charge < -0.3 is 21.3 Å². The molecule has 0 radical (unpaired) electrons. The van der Waals surface area contributed by atoms with E-state index in [9.17, 15) is 29.4 Å². The molecule has 5 N–H and O–H groups in total. The molecule has 0 fully saturated rings. The summed E-state index contributed by atoms with van der Waals surface area (Å²) in [4.78, 5) is 48.2. The van der Waals surface area contributed by atoms with Crippen LogP contribution < -0.4 is 11.1 Å². The lowest BCUT2D eigenvalue weighted by Gasteiger charge is -2.14. The smallest absolute Gasteiger partial charge is 0.336 e. The molecule has 0 aliphatic carbocycles. The molecular weight excluding hydrogens is 376 g/mol. The van der Waals surface area contributed by atoms with E-state index >= 15 is 0 Å². The van der Waals surface area contributed by atoms with Crippen molar-refractivity contribution in [3.8, 4) is 0 Å². The highest BCUT2D eigenvalue weighted by molar-refractivity contribution is 6.24. The number of aryl methyl sites for hydroxylation is 1. The number of carbonyl (C=O) groups is 4. The van der Waals surface area contributed by atoms with E-state index in [2.05, 4.69) is 5.32 Å². The van der Waals surface area contributed by atoms with E-state index in [1.54, 1.807) is 18.2 Å². The molecule has 8 heteroatoms. The minimum absolute atomic E-state index is 0.0907. The SMILES string of the molecule is Cc1cccc(NC(=O)c2ccc(C(N)=O)c3c(C(=O)O)ccc(C(=O)O)c23)c1. The summed E-state index contributed by atoms with van der Waals surface area (Å²) in [7, 11) is 0. The van der Waals surface area contributed by atoms with E-state index in [0.717, 1.165) is 17.7 Å². The summed E-state index contributed by atoms with van der Waals surface area (Å²) >= 11 is 0. The van der Waals surface area contributed by atoms with E-state index in [-0.39, 0.29) is 33.0 Å². The first-order chi connectivity index (χ1) is 13.7. The van der Waals surface area contributed by atoms with Crippen LogP contribution in [0.3, 0.4) is 0 Å². The average molecular weight is 392 g/mol. The van der Waals surface area contributed by atoms with Crippen molar-refractivity contribution >= 4 is 40.2 Å². The summed E-state index contributed by atoms with van der Waals surface area (Å²) in [5.74, 6) is -4.35. The number of primary amides is 1. The summed E-state index contributed by atoms with van der Waals surface area (Å²) in [5, 5.41) is 21.4. The molecule has 0 aliphatic heterocycles. The Labute approximate surface area is 164 Å². The molecule has 0 atom stereocenters. The van der Waals surface area contributed by atoms with Gasteiger partial charge in [-0.1, -0.05) is 12.1 Å². The number of hydrogen-bond donors (Lipinski definition) is 4. The van der Waals surface area contributed by atoms with Crippen LogP contribution in [0.4, 0.5) is 5.69 Å². The van der Waals surface area contributed by atoms with Gasteiger partial charge in [-0.3, -0.25) is 9.59 Å². The fourth-order valence-corrected chi connectivity index (χ4v) is 3.17. The van der Waals surface area contributed by atoms with Crippen LogP contribution in [0, 0.1) is 6.92 Å². The maximum Gasteiger partial charge on any atom is 0.336 e. The highest BCUT2D eigenvalue weighted by Crippen LogP contribution is 2.31. The van der Waals surface area contributed by atoms with Gasteiger partial charge in [-0.15, -0.1) is 0 Å². The number of aromatic carboxylic acids is 2. The van der Waals surface area contributed by atoms with Crippen molar-refractivity contribution in [2.45, 2.75) is 6.92 Å². The zero-order valence-corrected chi connectivity index (χ0v) is 15.2. The lowest BCUT2D eigenvalue weighted by molar-refractivity contribution is 0.0684. The normalized spacial score (nSPS) is 10.5. The zero-order chi connectivity index (χ0) is 21.3. The van der Waals surface area contributed by atoms with E-state index in [4.69, 9.17) is 5.73 Å². The number of nitrogens with two attached hydrogens (primary N) is 1. The van der Waals surface area contributed by atoms with Crippen LogP contribution in [-0.2, 0) is 0 Å². The Bertz CT molecular complexity index is 1180. The largest absolute Gasteiger partial charge is 0.478 e. The summed E-state index contributed by atoms with van der Waals surface area (Å²) in [5.41, 5.74) is 5.82. The molecule has 0 saturated heterocycles. The minimum atomic E-state index is -1.38. The fraction of sp³-hybridized carbons (Fsp3) is 0.0476. The van der Waals surface area contributed by atoms with Crippen LogP contribution in [-0.4, -0.2) is 34.0 Å². The van der Waals surface area contributed by atoms with Gasteiger partial charge in [-0.05, 0) is 48.9 Å². The van der Waals surface area contributed by atoms with Crippen molar-refractivity contribution in [3.63, 3.8) is 0 Å². The number of benzene rings is 3. The average Bonchev–Trinajstić information content (AvgIpc) is 2.65. The second-order valence-electron chi connectivity index (χ2n) is 6.37. The highest BCUT2D eigenvalue weighted by Gasteiger charge is 2.24. The van der Waals surface area contributed by atoms with Gasteiger partial charge >= 0.3 is 11.9 Å². The van der Waals surface area contributed by atoms with Gasteiger partial charge in [0.1, 0.15) is 0 Å². The van der Waals surface area contributed by atoms with Gasteiger partial charge in [0, 0.05) is 27.6 Å². The van der Waals surface area contributed by atoms with Gasteiger partial charge in [-0.2, -0.15) is 0 Å². The molecule has 0 aliphatic rings. The van der Waals surface area contributed by atoms with Crippen molar-refractivity contribution in [2.75, 3.05) is 5.32 Å². The number of carbonyl (C=O) groups excluding carboxylic acids is 2. The van der Waals surface area contributed by atoms with Gasteiger partial charge in [0.2, 0.25) is 5.91 Å². The van der Waals surface area contributed by atoms with Gasteiger partial charge in [0.25, 0.3) is 5.91 Å². The van der Waals surface area contributed by atoms with E-state index in [0.29, 0.717) is 5.69 Å². The molecule has 29 heavy (non-hydrogen) atoms. The number of anilines is 1. The predicted octanol–water partition coefficient (Wildman–Crippen LogP) is 2.90. The quantitative estimate of drug-likeness (QED) is 0.525. The molecule has 0 bridgehead atoms. The Kier molecular flexibility index (Phi) is 5.01. The Hall–Kier alpha value is -4.20. The van der Waals surface area contributed by atoms with Crippen molar-refractivity contribution in [1.82, 2.24) is 0 Å². The lowest BCUT2D eigenvalue weighted by Crippen LogP contribution is -2.18. The Balaban J connectivity index is 2.32. The fourth-order valence-electron chi connectivity index (χ4n) is 3.17. The number of carboxylic acids is 2. The molecule has 146 valence electrons. The molecule has 0 unspecified atom stereocenters. The van der Waals surface area contributed by atoms with Crippen molar-refractivity contribution in [1.29, 1.82) is 0 Å². The number of hydrogen-bond acceptors (Lipinski definition) is 4. The van der Waals surface area contributed by atoms with Crippen LogP contribution in [0.25, 0.3) is 10.8 Å². The minimum Gasteiger partial charge on any atom is -0.478 e. The monoisotopic (exact) mass is 392 g/mol. The molecule has 0 spiro atoms. The van der Waals surface area contributed by atoms with Gasteiger partial charge in [-0.25, -0.2) is 9.59 Å². The third-order valence-corrected chi connectivity index (χ3v) is 4.41. The maximum absolute atomic E-state index is 12.9. The van der Waals surface area contributed by atoms with Crippen molar-refractivity contribution < 1.29 is 29.4 Å². The topological polar surface area (TPSA) is 147 Å². The molecule has 8 nitrogen and oxygen atoms in total. The number of fused-ring (bicyclic) bond motifs is 1. The molecule has 3 rings (SSSR count).